The summed E-state index contributed by atoms with van der Waals surface area (Å²) in [5.41, 5.74) is 4.96. The van der Waals surface area contributed by atoms with E-state index in [4.69, 9.17) is 5.10 Å². The summed E-state index contributed by atoms with van der Waals surface area (Å²) < 4.78 is 3.91. The van der Waals surface area contributed by atoms with E-state index >= 15 is 0 Å². The van der Waals surface area contributed by atoms with Crippen molar-refractivity contribution in [1.82, 2.24) is 39.7 Å². The van der Waals surface area contributed by atoms with Crippen LogP contribution in [0, 0.1) is 0 Å². The minimum Gasteiger partial charge on any atom is -0.317 e. The maximum Gasteiger partial charge on any atom is 0.250 e. The molecule has 1 N–H and O–H groups in total. The van der Waals surface area contributed by atoms with Crippen LogP contribution in [0.25, 0.3) is 27.9 Å². The van der Waals surface area contributed by atoms with Gasteiger partial charge in [-0.2, -0.15) is 10.2 Å². The number of aromatic nitrogens is 7. The molecule has 1 aliphatic rings. The molecule has 0 spiro atoms. The SMILES string of the molecule is c1cnc2ccc(Cc3cnc4ncc(-c5cnn(C6CCNCC6)c5)nn34)cc2c1. The van der Waals surface area contributed by atoms with Crippen LogP contribution in [0.4, 0.5) is 0 Å². The van der Waals surface area contributed by atoms with Crippen LogP contribution in [-0.2, 0) is 6.42 Å². The smallest absolute Gasteiger partial charge is 0.250 e. The van der Waals surface area contributed by atoms with Crippen LogP contribution in [0.1, 0.15) is 30.1 Å². The molecule has 1 saturated heterocycles. The Balaban J connectivity index is 1.31. The van der Waals surface area contributed by atoms with Crippen LogP contribution in [0.3, 0.4) is 0 Å². The molecule has 1 aliphatic heterocycles. The first-order valence-electron chi connectivity index (χ1n) is 10.6. The number of hydrogen-bond donors (Lipinski definition) is 1. The number of rotatable bonds is 4. The molecular formula is C23H22N8. The van der Waals surface area contributed by atoms with Crippen molar-refractivity contribution >= 4 is 16.7 Å². The van der Waals surface area contributed by atoms with Gasteiger partial charge in [0.25, 0.3) is 5.78 Å². The number of imidazole rings is 1. The zero-order valence-corrected chi connectivity index (χ0v) is 17.0. The number of hydrogen-bond acceptors (Lipinski definition) is 6. The molecule has 1 aromatic carbocycles. The molecule has 0 unspecified atom stereocenters. The van der Waals surface area contributed by atoms with Crippen molar-refractivity contribution in [3.63, 3.8) is 0 Å². The Morgan fingerprint density at radius 3 is 2.84 bits per heavy atom. The largest absolute Gasteiger partial charge is 0.317 e. The maximum absolute atomic E-state index is 4.84. The first kappa shape index (κ1) is 18.1. The summed E-state index contributed by atoms with van der Waals surface area (Å²) in [5, 5.41) is 14.0. The first-order chi connectivity index (χ1) is 15.3. The van der Waals surface area contributed by atoms with Gasteiger partial charge in [-0.3, -0.25) is 9.67 Å². The van der Waals surface area contributed by atoms with Crippen molar-refractivity contribution in [3.05, 3.63) is 72.6 Å². The Hall–Kier alpha value is -3.65. The number of benzene rings is 1. The van der Waals surface area contributed by atoms with Gasteiger partial charge in [-0.05, 0) is 49.7 Å². The molecule has 5 aromatic rings. The summed E-state index contributed by atoms with van der Waals surface area (Å²) in [6.45, 7) is 2.07. The first-order valence-corrected chi connectivity index (χ1v) is 10.6. The normalized spacial score (nSPS) is 15.1. The molecule has 0 amide bonds. The van der Waals surface area contributed by atoms with Crippen molar-refractivity contribution in [3.8, 4) is 11.3 Å². The number of piperidine rings is 1. The summed E-state index contributed by atoms with van der Waals surface area (Å²) in [7, 11) is 0. The molecule has 8 heteroatoms. The van der Waals surface area contributed by atoms with Crippen molar-refractivity contribution in [2.45, 2.75) is 25.3 Å². The van der Waals surface area contributed by atoms with Gasteiger partial charge in [0, 0.05) is 29.8 Å². The highest BCUT2D eigenvalue weighted by Crippen LogP contribution is 2.23. The number of nitrogens with zero attached hydrogens (tertiary/aromatic N) is 7. The second-order valence-electron chi connectivity index (χ2n) is 8.00. The molecule has 31 heavy (non-hydrogen) atoms. The molecule has 0 atom stereocenters. The molecule has 5 heterocycles. The number of fused-ring (bicyclic) bond motifs is 2. The van der Waals surface area contributed by atoms with Gasteiger partial charge in [-0.25, -0.2) is 14.5 Å². The highest BCUT2D eigenvalue weighted by molar-refractivity contribution is 5.79. The van der Waals surface area contributed by atoms with E-state index < -0.39 is 0 Å². The molecule has 0 saturated carbocycles. The van der Waals surface area contributed by atoms with Crippen LogP contribution < -0.4 is 5.32 Å². The fourth-order valence-corrected chi connectivity index (χ4v) is 4.26. The van der Waals surface area contributed by atoms with Crippen LogP contribution in [-0.4, -0.2) is 47.4 Å². The predicted molar refractivity (Wildman–Crippen MR) is 118 cm³/mol. The average Bonchev–Trinajstić information content (AvgIpc) is 3.47. The van der Waals surface area contributed by atoms with E-state index in [-0.39, 0.29) is 0 Å². The van der Waals surface area contributed by atoms with Crippen LogP contribution in [0.5, 0.6) is 0 Å². The molecular weight excluding hydrogens is 388 g/mol. The third-order valence-corrected chi connectivity index (χ3v) is 5.93. The van der Waals surface area contributed by atoms with Crippen LogP contribution in [0.2, 0.25) is 0 Å². The molecule has 154 valence electrons. The molecule has 0 aliphatic carbocycles. The van der Waals surface area contributed by atoms with Crippen molar-refractivity contribution in [2.24, 2.45) is 0 Å². The standard InChI is InChI=1S/C23H22N8/c1-2-17-10-16(3-4-21(17)25-7-1)11-20-13-26-23-27-14-22(29-31(20)23)18-12-28-30(15-18)19-5-8-24-9-6-19/h1-4,7,10,12-15,19,24H,5-6,8-9,11H2. The zero-order chi connectivity index (χ0) is 20.6. The molecule has 1 fully saturated rings. The fraction of sp³-hybridized carbons (Fsp3) is 0.261. The molecule has 0 bridgehead atoms. The summed E-state index contributed by atoms with van der Waals surface area (Å²) in [6.07, 6.45) is 12.3. The molecule has 6 rings (SSSR count). The summed E-state index contributed by atoms with van der Waals surface area (Å²) in [4.78, 5) is 13.4. The van der Waals surface area contributed by atoms with Crippen molar-refractivity contribution < 1.29 is 0 Å². The Kier molecular flexibility index (Phi) is 4.42. The summed E-state index contributed by atoms with van der Waals surface area (Å²) in [5.74, 6) is 0.604. The van der Waals surface area contributed by atoms with Gasteiger partial charge in [0.05, 0.1) is 35.8 Å². The second-order valence-corrected chi connectivity index (χ2v) is 8.00. The van der Waals surface area contributed by atoms with Gasteiger partial charge in [0.2, 0.25) is 0 Å². The van der Waals surface area contributed by atoms with Gasteiger partial charge in [0.15, 0.2) is 0 Å². The Morgan fingerprint density at radius 2 is 1.90 bits per heavy atom. The minimum atomic E-state index is 0.442. The van der Waals surface area contributed by atoms with Gasteiger partial charge < -0.3 is 5.32 Å². The Morgan fingerprint density at radius 1 is 1.00 bits per heavy atom. The Labute approximate surface area is 179 Å². The maximum atomic E-state index is 4.84. The fourth-order valence-electron chi connectivity index (χ4n) is 4.26. The van der Waals surface area contributed by atoms with Gasteiger partial charge >= 0.3 is 0 Å². The zero-order valence-electron chi connectivity index (χ0n) is 17.0. The quantitative estimate of drug-likeness (QED) is 0.490. The molecule has 0 radical (unpaired) electrons. The highest BCUT2D eigenvalue weighted by atomic mass is 15.3. The van der Waals surface area contributed by atoms with Crippen LogP contribution in [0.15, 0.2) is 61.3 Å². The lowest BCUT2D eigenvalue weighted by atomic mass is 10.1. The number of pyridine rings is 1. The molecule has 4 aromatic heterocycles. The van der Waals surface area contributed by atoms with E-state index in [1.807, 2.05) is 29.2 Å². The lowest BCUT2D eigenvalue weighted by Gasteiger charge is -2.22. The summed E-state index contributed by atoms with van der Waals surface area (Å²) in [6, 6.07) is 10.8. The number of nitrogens with one attached hydrogen (secondary N) is 1. The minimum absolute atomic E-state index is 0.442. The lowest BCUT2D eigenvalue weighted by molar-refractivity contribution is 0.343. The van der Waals surface area contributed by atoms with E-state index in [9.17, 15) is 0 Å². The van der Waals surface area contributed by atoms with Gasteiger partial charge in [0.1, 0.15) is 5.69 Å². The van der Waals surface area contributed by atoms with Crippen molar-refractivity contribution in [1.29, 1.82) is 0 Å². The average molecular weight is 410 g/mol. The van der Waals surface area contributed by atoms with Crippen LogP contribution >= 0.6 is 0 Å². The lowest BCUT2D eigenvalue weighted by Crippen LogP contribution is -2.29. The van der Waals surface area contributed by atoms with E-state index in [1.165, 1.54) is 5.56 Å². The van der Waals surface area contributed by atoms with Crippen molar-refractivity contribution in [2.75, 3.05) is 13.1 Å². The van der Waals surface area contributed by atoms with E-state index in [0.717, 1.165) is 60.2 Å². The highest BCUT2D eigenvalue weighted by Gasteiger charge is 2.17. The summed E-state index contributed by atoms with van der Waals surface area (Å²) >= 11 is 0. The monoisotopic (exact) mass is 410 g/mol. The van der Waals surface area contributed by atoms with E-state index in [1.54, 1.807) is 6.20 Å². The topological polar surface area (TPSA) is 85.8 Å². The third kappa shape index (κ3) is 3.44. The Bertz CT molecular complexity index is 1360. The molecule has 8 nitrogen and oxygen atoms in total. The van der Waals surface area contributed by atoms with Gasteiger partial charge in [-0.1, -0.05) is 12.1 Å². The van der Waals surface area contributed by atoms with Gasteiger partial charge in [-0.15, -0.1) is 0 Å². The second kappa shape index (κ2) is 7.55. The van der Waals surface area contributed by atoms with E-state index in [0.29, 0.717) is 11.8 Å². The predicted octanol–water partition coefficient (Wildman–Crippen LogP) is 3.05. The third-order valence-electron chi connectivity index (χ3n) is 5.93. The van der Waals surface area contributed by atoms with E-state index in [2.05, 4.69) is 60.5 Å².